The Balaban J connectivity index is 1.17. The molecular weight excluding hydrogens is 557 g/mol. The van der Waals surface area contributed by atoms with E-state index in [1.54, 1.807) is 0 Å². The smallest absolute Gasteiger partial charge is 0.161 e. The second kappa shape index (κ2) is 9.60. The lowest BCUT2D eigenvalue weighted by molar-refractivity contribution is 1.17. The molecule has 0 aliphatic heterocycles. The maximum absolute atomic E-state index is 9.71. The molecule has 0 saturated carbocycles. The monoisotopic (exact) mass is 578 g/mol. The summed E-state index contributed by atoms with van der Waals surface area (Å²) in [7, 11) is 0. The maximum Gasteiger partial charge on any atom is 0.161 e. The van der Waals surface area contributed by atoms with Gasteiger partial charge >= 0.3 is 0 Å². The first-order valence-electron chi connectivity index (χ1n) is 14.5. The Labute approximate surface area is 256 Å². The van der Waals surface area contributed by atoms with Crippen molar-refractivity contribution in [2.45, 2.75) is 0 Å². The van der Waals surface area contributed by atoms with Crippen LogP contribution in [0.25, 0.3) is 81.1 Å². The predicted molar refractivity (Wildman–Crippen MR) is 182 cm³/mol. The Morgan fingerprint density at radius 1 is 0.523 bits per heavy atom. The van der Waals surface area contributed by atoms with Gasteiger partial charge in [0, 0.05) is 47.6 Å². The molecule has 0 amide bonds. The van der Waals surface area contributed by atoms with Gasteiger partial charge in [0.1, 0.15) is 6.07 Å². The molecule has 0 aliphatic rings. The van der Waals surface area contributed by atoms with E-state index in [0.717, 1.165) is 33.2 Å². The van der Waals surface area contributed by atoms with Crippen molar-refractivity contribution in [2.75, 3.05) is 0 Å². The van der Waals surface area contributed by atoms with Crippen molar-refractivity contribution in [2.24, 2.45) is 0 Å². The van der Waals surface area contributed by atoms with E-state index >= 15 is 0 Å². The molecule has 0 saturated heterocycles. The highest BCUT2D eigenvalue weighted by atomic mass is 32.1. The molecule has 0 unspecified atom stereocenters. The molecule has 0 atom stereocenters. The highest BCUT2D eigenvalue weighted by molar-refractivity contribution is 7.25. The summed E-state index contributed by atoms with van der Waals surface area (Å²) in [5.41, 5.74) is 7.81. The van der Waals surface area contributed by atoms with Gasteiger partial charge in [0.2, 0.25) is 0 Å². The van der Waals surface area contributed by atoms with E-state index in [-0.39, 0.29) is 0 Å². The first-order chi connectivity index (χ1) is 21.7. The van der Waals surface area contributed by atoms with Crippen LogP contribution in [0.1, 0.15) is 5.69 Å². The van der Waals surface area contributed by atoms with Crippen LogP contribution in [0.4, 0.5) is 0 Å². The standard InChI is InChI=1S/C39H22N4S/c40-23-34-30-9-1-4-10-33(30)41-39(42-34)24-13-17-27(18-14-24)43-35-11-5-2-7-28(35)31-21-25(15-19-36(31)43)26-16-20-38-32(22-26)29-8-3-6-12-37(29)44-38/h1-22H. The summed E-state index contributed by atoms with van der Waals surface area (Å²) in [6, 6.07) is 49.0. The molecular formula is C39H22N4S. The number of benzene rings is 6. The number of nitriles is 1. The van der Waals surface area contributed by atoms with Gasteiger partial charge in [-0.1, -0.05) is 60.7 Å². The summed E-state index contributed by atoms with van der Waals surface area (Å²) in [6.07, 6.45) is 0. The van der Waals surface area contributed by atoms with E-state index in [1.165, 1.54) is 42.1 Å². The number of hydrogen-bond acceptors (Lipinski definition) is 4. The van der Waals surface area contributed by atoms with Gasteiger partial charge in [0.25, 0.3) is 0 Å². The van der Waals surface area contributed by atoms with Gasteiger partial charge in [-0.2, -0.15) is 5.26 Å². The van der Waals surface area contributed by atoms with E-state index in [1.807, 2.05) is 47.7 Å². The fraction of sp³-hybridized carbons (Fsp3) is 0. The molecule has 9 aromatic rings. The molecule has 0 fully saturated rings. The number of para-hydroxylation sites is 2. The minimum absolute atomic E-state index is 0.388. The van der Waals surface area contributed by atoms with Gasteiger partial charge in [0.05, 0.1) is 16.6 Å². The van der Waals surface area contributed by atoms with Gasteiger partial charge in [-0.25, -0.2) is 9.97 Å². The van der Waals surface area contributed by atoms with Gasteiger partial charge in [-0.3, -0.25) is 0 Å². The quantitative estimate of drug-likeness (QED) is 0.210. The highest BCUT2D eigenvalue weighted by Crippen LogP contribution is 2.39. The third-order valence-corrected chi connectivity index (χ3v) is 9.63. The van der Waals surface area contributed by atoms with Gasteiger partial charge < -0.3 is 4.57 Å². The van der Waals surface area contributed by atoms with Crippen molar-refractivity contribution in [1.82, 2.24) is 14.5 Å². The van der Waals surface area contributed by atoms with Gasteiger partial charge in [-0.15, -0.1) is 11.3 Å². The van der Waals surface area contributed by atoms with E-state index in [4.69, 9.17) is 4.98 Å². The fourth-order valence-corrected chi connectivity index (χ4v) is 7.47. The van der Waals surface area contributed by atoms with Crippen LogP contribution in [0.5, 0.6) is 0 Å². The molecule has 6 aromatic carbocycles. The molecule has 0 aliphatic carbocycles. The molecule has 204 valence electrons. The van der Waals surface area contributed by atoms with E-state index in [0.29, 0.717) is 11.5 Å². The zero-order valence-corrected chi connectivity index (χ0v) is 24.2. The van der Waals surface area contributed by atoms with E-state index in [9.17, 15) is 5.26 Å². The zero-order valence-electron chi connectivity index (χ0n) is 23.4. The second-order valence-electron chi connectivity index (χ2n) is 11.0. The number of thiophene rings is 1. The molecule has 5 heteroatoms. The van der Waals surface area contributed by atoms with Crippen LogP contribution in [-0.4, -0.2) is 14.5 Å². The lowest BCUT2D eigenvalue weighted by atomic mass is 10.0. The summed E-state index contributed by atoms with van der Waals surface area (Å²) in [4.78, 5) is 9.32. The van der Waals surface area contributed by atoms with E-state index in [2.05, 4.69) is 113 Å². The van der Waals surface area contributed by atoms with Crippen LogP contribution in [0.15, 0.2) is 133 Å². The Bertz CT molecular complexity index is 2620. The highest BCUT2D eigenvalue weighted by Gasteiger charge is 2.15. The number of fused-ring (bicyclic) bond motifs is 7. The zero-order chi connectivity index (χ0) is 29.2. The van der Waals surface area contributed by atoms with Crippen LogP contribution < -0.4 is 0 Å². The summed E-state index contributed by atoms with van der Waals surface area (Å²) in [5.74, 6) is 0.550. The van der Waals surface area contributed by atoms with Crippen molar-refractivity contribution >= 4 is 64.2 Å². The van der Waals surface area contributed by atoms with E-state index < -0.39 is 0 Å². The fourth-order valence-electron chi connectivity index (χ4n) is 6.39. The lowest BCUT2D eigenvalue weighted by Gasteiger charge is -2.10. The minimum Gasteiger partial charge on any atom is -0.309 e. The molecule has 0 radical (unpaired) electrons. The normalized spacial score (nSPS) is 11.6. The maximum atomic E-state index is 9.71. The molecule has 0 bridgehead atoms. The number of hydrogen-bond donors (Lipinski definition) is 0. The average molecular weight is 579 g/mol. The predicted octanol–water partition coefficient (Wildman–Crippen LogP) is 10.3. The molecule has 0 N–H and O–H groups in total. The molecule has 4 nitrogen and oxygen atoms in total. The summed E-state index contributed by atoms with van der Waals surface area (Å²) >= 11 is 1.85. The lowest BCUT2D eigenvalue weighted by Crippen LogP contribution is -1.97. The average Bonchev–Trinajstić information content (AvgIpc) is 3.63. The number of rotatable bonds is 3. The first kappa shape index (κ1) is 24.7. The topological polar surface area (TPSA) is 54.5 Å². The minimum atomic E-state index is 0.388. The van der Waals surface area contributed by atoms with Crippen molar-refractivity contribution < 1.29 is 0 Å². The van der Waals surface area contributed by atoms with Crippen molar-refractivity contribution in [3.05, 3.63) is 139 Å². The summed E-state index contributed by atoms with van der Waals surface area (Å²) in [5, 5.41) is 15.5. The second-order valence-corrected chi connectivity index (χ2v) is 12.0. The third-order valence-electron chi connectivity index (χ3n) is 8.48. The Hall–Kier alpha value is -5.83. The van der Waals surface area contributed by atoms with Crippen LogP contribution >= 0.6 is 11.3 Å². The van der Waals surface area contributed by atoms with Crippen molar-refractivity contribution in [3.63, 3.8) is 0 Å². The molecule has 0 spiro atoms. The molecule has 3 aromatic heterocycles. The Kier molecular flexibility index (Phi) is 5.40. The van der Waals surface area contributed by atoms with Crippen molar-refractivity contribution in [1.29, 1.82) is 5.26 Å². The van der Waals surface area contributed by atoms with Crippen LogP contribution in [-0.2, 0) is 0 Å². The number of nitrogens with zero attached hydrogens (tertiary/aromatic N) is 4. The van der Waals surface area contributed by atoms with Crippen molar-refractivity contribution in [3.8, 4) is 34.3 Å². The first-order valence-corrected chi connectivity index (χ1v) is 15.3. The summed E-state index contributed by atoms with van der Waals surface area (Å²) < 4.78 is 4.95. The number of aromatic nitrogens is 3. The Morgan fingerprint density at radius 3 is 2.00 bits per heavy atom. The Morgan fingerprint density at radius 2 is 1.16 bits per heavy atom. The largest absolute Gasteiger partial charge is 0.309 e. The van der Waals surface area contributed by atoms with Crippen LogP contribution in [0, 0.1) is 11.3 Å². The van der Waals surface area contributed by atoms with Crippen LogP contribution in [0.3, 0.4) is 0 Å². The SMILES string of the molecule is N#Cc1nc(-c2ccc(-n3c4ccccc4c4cc(-c5ccc6sc7ccccc7c6c5)ccc43)cc2)nc2ccccc12. The van der Waals surface area contributed by atoms with Gasteiger partial charge in [0.15, 0.2) is 11.5 Å². The summed E-state index contributed by atoms with van der Waals surface area (Å²) in [6.45, 7) is 0. The molecule has 3 heterocycles. The third kappa shape index (κ3) is 3.75. The van der Waals surface area contributed by atoms with Crippen LogP contribution in [0.2, 0.25) is 0 Å². The molecule has 44 heavy (non-hydrogen) atoms. The van der Waals surface area contributed by atoms with Gasteiger partial charge in [-0.05, 0) is 83.9 Å². The molecule has 9 rings (SSSR count).